The number of carbonyl (C=O) groups excluding carboxylic acids is 1. The van der Waals surface area contributed by atoms with Crippen molar-refractivity contribution in [2.75, 3.05) is 0 Å². The topological polar surface area (TPSA) is 60.2 Å². The maximum absolute atomic E-state index is 11.4. The number of ketones is 1. The highest BCUT2D eigenvalue weighted by atomic mass is 16.6. The fraction of sp³-hybridized carbons (Fsp3) is 0.0833. The summed E-state index contributed by atoms with van der Waals surface area (Å²) < 4.78 is 0. The van der Waals surface area contributed by atoms with E-state index in [1.165, 1.54) is 13.0 Å². The van der Waals surface area contributed by atoms with Crippen LogP contribution in [0.15, 0.2) is 36.4 Å². The molecule has 0 aliphatic heterocycles. The lowest BCUT2D eigenvalue weighted by Gasteiger charge is -2.03. The van der Waals surface area contributed by atoms with Gasteiger partial charge >= 0.3 is 0 Å². The van der Waals surface area contributed by atoms with Gasteiger partial charge in [-0.05, 0) is 18.4 Å². The molecule has 2 rings (SSSR count). The van der Waals surface area contributed by atoms with Crippen molar-refractivity contribution in [1.82, 2.24) is 0 Å². The van der Waals surface area contributed by atoms with Gasteiger partial charge in [0, 0.05) is 11.6 Å². The molecular formula is C12H9NO3. The van der Waals surface area contributed by atoms with Crippen molar-refractivity contribution in [3.63, 3.8) is 0 Å². The van der Waals surface area contributed by atoms with Gasteiger partial charge in [-0.1, -0.05) is 24.3 Å². The number of nitro groups is 1. The van der Waals surface area contributed by atoms with Crippen molar-refractivity contribution in [3.05, 3.63) is 52.1 Å². The molecule has 0 radical (unpaired) electrons. The van der Waals surface area contributed by atoms with Gasteiger partial charge in [0.1, 0.15) is 0 Å². The summed E-state index contributed by atoms with van der Waals surface area (Å²) in [5.41, 5.74) is 0.543. The Morgan fingerprint density at radius 3 is 2.38 bits per heavy atom. The number of non-ortho nitro benzene ring substituents is 1. The Kier molecular flexibility index (Phi) is 2.40. The van der Waals surface area contributed by atoms with E-state index in [0.29, 0.717) is 16.3 Å². The van der Waals surface area contributed by atoms with Crippen LogP contribution in [0.5, 0.6) is 0 Å². The first-order chi connectivity index (χ1) is 7.61. The van der Waals surface area contributed by atoms with E-state index in [-0.39, 0.29) is 11.5 Å². The Hall–Kier alpha value is -2.23. The van der Waals surface area contributed by atoms with E-state index in [1.54, 1.807) is 30.3 Å². The van der Waals surface area contributed by atoms with E-state index < -0.39 is 4.92 Å². The number of nitro benzene ring substituents is 1. The third-order valence-electron chi connectivity index (χ3n) is 2.48. The highest BCUT2D eigenvalue weighted by Crippen LogP contribution is 2.27. The maximum Gasteiger partial charge on any atom is 0.277 e. The van der Waals surface area contributed by atoms with Crippen LogP contribution >= 0.6 is 0 Å². The Bertz CT molecular complexity index is 537. The summed E-state index contributed by atoms with van der Waals surface area (Å²) in [5.74, 6) is -0.0916. The smallest absolute Gasteiger partial charge is 0.277 e. The van der Waals surface area contributed by atoms with Crippen molar-refractivity contribution in [2.45, 2.75) is 6.92 Å². The molecule has 0 aliphatic rings. The number of hydrogen-bond acceptors (Lipinski definition) is 3. The monoisotopic (exact) mass is 215 g/mol. The van der Waals surface area contributed by atoms with E-state index >= 15 is 0 Å². The minimum atomic E-state index is -0.438. The second-order valence-corrected chi connectivity index (χ2v) is 3.49. The largest absolute Gasteiger partial charge is 0.294 e. The van der Waals surface area contributed by atoms with Gasteiger partial charge in [0.05, 0.1) is 10.3 Å². The van der Waals surface area contributed by atoms with Crippen molar-refractivity contribution in [2.24, 2.45) is 0 Å². The second kappa shape index (κ2) is 3.73. The van der Waals surface area contributed by atoms with Crippen LogP contribution in [0.2, 0.25) is 0 Å². The average molecular weight is 215 g/mol. The molecule has 0 N–H and O–H groups in total. The Morgan fingerprint density at radius 1 is 1.12 bits per heavy atom. The van der Waals surface area contributed by atoms with E-state index in [1.807, 2.05) is 0 Å². The number of nitrogens with zero attached hydrogens (tertiary/aromatic N) is 1. The zero-order valence-electron chi connectivity index (χ0n) is 8.64. The molecule has 2 aromatic rings. The van der Waals surface area contributed by atoms with Crippen molar-refractivity contribution < 1.29 is 9.72 Å². The molecule has 0 fully saturated rings. The first kappa shape index (κ1) is 10.3. The Morgan fingerprint density at radius 2 is 1.75 bits per heavy atom. The highest BCUT2D eigenvalue weighted by Gasteiger charge is 2.13. The van der Waals surface area contributed by atoms with Crippen LogP contribution in [-0.2, 0) is 0 Å². The molecule has 0 heterocycles. The minimum absolute atomic E-state index is 0.0283. The fourth-order valence-corrected chi connectivity index (χ4v) is 1.76. The summed E-state index contributed by atoms with van der Waals surface area (Å²) in [4.78, 5) is 21.7. The third kappa shape index (κ3) is 1.54. The highest BCUT2D eigenvalue weighted by molar-refractivity contribution is 6.08. The zero-order valence-corrected chi connectivity index (χ0v) is 8.64. The summed E-state index contributed by atoms with van der Waals surface area (Å²) in [6, 6.07) is 9.73. The average Bonchev–Trinajstić information content (AvgIpc) is 2.27. The standard InChI is InChI=1S/C12H9NO3/c1-8(14)9-4-2-6-11-10(9)5-3-7-12(11)13(15)16/h2-7H,1H3. The SMILES string of the molecule is CC(=O)c1cccc2c([N+](=O)[O-])cccc12. The van der Waals surface area contributed by atoms with Crippen molar-refractivity contribution in [3.8, 4) is 0 Å². The molecule has 4 heteroatoms. The van der Waals surface area contributed by atoms with Crippen LogP contribution in [0, 0.1) is 10.1 Å². The molecule has 0 amide bonds. The first-order valence-corrected chi connectivity index (χ1v) is 4.78. The lowest BCUT2D eigenvalue weighted by Crippen LogP contribution is -1.95. The number of carbonyl (C=O) groups is 1. The lowest BCUT2D eigenvalue weighted by atomic mass is 10.0. The fourth-order valence-electron chi connectivity index (χ4n) is 1.76. The maximum atomic E-state index is 11.4. The lowest BCUT2D eigenvalue weighted by molar-refractivity contribution is -0.383. The molecule has 0 bridgehead atoms. The van der Waals surface area contributed by atoms with E-state index in [4.69, 9.17) is 0 Å². The van der Waals surface area contributed by atoms with Crippen LogP contribution < -0.4 is 0 Å². The van der Waals surface area contributed by atoms with Crippen molar-refractivity contribution >= 4 is 22.2 Å². The van der Waals surface area contributed by atoms with Gasteiger partial charge in [0.2, 0.25) is 0 Å². The molecule has 4 nitrogen and oxygen atoms in total. The number of rotatable bonds is 2. The molecule has 16 heavy (non-hydrogen) atoms. The van der Waals surface area contributed by atoms with E-state index in [9.17, 15) is 14.9 Å². The van der Waals surface area contributed by atoms with Gasteiger partial charge in [-0.2, -0.15) is 0 Å². The molecule has 0 saturated carbocycles. The molecule has 0 aromatic heterocycles. The Balaban J connectivity index is 2.86. The van der Waals surface area contributed by atoms with Crippen LogP contribution in [0.25, 0.3) is 10.8 Å². The molecule has 0 unspecified atom stereocenters. The molecule has 0 aliphatic carbocycles. The van der Waals surface area contributed by atoms with Gasteiger partial charge in [-0.3, -0.25) is 14.9 Å². The van der Waals surface area contributed by atoms with Crippen LogP contribution in [-0.4, -0.2) is 10.7 Å². The molecule has 0 spiro atoms. The quantitative estimate of drug-likeness (QED) is 0.439. The van der Waals surface area contributed by atoms with E-state index in [0.717, 1.165) is 0 Å². The van der Waals surface area contributed by atoms with Crippen molar-refractivity contribution in [1.29, 1.82) is 0 Å². The first-order valence-electron chi connectivity index (χ1n) is 4.78. The summed E-state index contributed by atoms with van der Waals surface area (Å²) in [6.45, 7) is 1.45. The normalized spacial score (nSPS) is 10.3. The Labute approximate surface area is 91.7 Å². The molecule has 80 valence electrons. The second-order valence-electron chi connectivity index (χ2n) is 3.49. The van der Waals surface area contributed by atoms with E-state index in [2.05, 4.69) is 0 Å². The van der Waals surface area contributed by atoms with Gasteiger partial charge < -0.3 is 0 Å². The molecule has 0 atom stereocenters. The minimum Gasteiger partial charge on any atom is -0.294 e. The summed E-state index contributed by atoms with van der Waals surface area (Å²) >= 11 is 0. The molecule has 0 saturated heterocycles. The number of benzene rings is 2. The number of hydrogen-bond donors (Lipinski definition) is 0. The van der Waals surface area contributed by atoms with Gasteiger partial charge in [0.25, 0.3) is 5.69 Å². The summed E-state index contributed by atoms with van der Waals surface area (Å²) in [5, 5.41) is 11.9. The molecule has 2 aromatic carbocycles. The predicted octanol–water partition coefficient (Wildman–Crippen LogP) is 2.95. The van der Waals surface area contributed by atoms with Gasteiger partial charge in [-0.25, -0.2) is 0 Å². The zero-order chi connectivity index (χ0) is 11.7. The van der Waals surface area contributed by atoms with Crippen LogP contribution in [0.3, 0.4) is 0 Å². The number of Topliss-reactive ketones (excluding diaryl/α,β-unsaturated/α-hetero) is 1. The van der Waals surface area contributed by atoms with Gasteiger partial charge in [0.15, 0.2) is 5.78 Å². The third-order valence-corrected chi connectivity index (χ3v) is 2.48. The summed E-state index contributed by atoms with van der Waals surface area (Å²) in [6.07, 6.45) is 0. The van der Waals surface area contributed by atoms with Crippen LogP contribution in [0.4, 0.5) is 5.69 Å². The van der Waals surface area contributed by atoms with Gasteiger partial charge in [-0.15, -0.1) is 0 Å². The molecular weight excluding hydrogens is 206 g/mol. The summed E-state index contributed by atoms with van der Waals surface area (Å²) in [7, 11) is 0. The van der Waals surface area contributed by atoms with Crippen LogP contribution in [0.1, 0.15) is 17.3 Å². The number of fused-ring (bicyclic) bond motifs is 1. The predicted molar refractivity (Wildman–Crippen MR) is 60.6 cm³/mol.